The zero-order chi connectivity index (χ0) is 26.6. The molecule has 0 saturated heterocycles. The number of benzene rings is 3. The van der Waals surface area contributed by atoms with Gasteiger partial charge in [0, 0.05) is 17.5 Å². The number of carbonyl (C=O) groups excluding carboxylic acids is 1. The van der Waals surface area contributed by atoms with Crippen LogP contribution in [0, 0.1) is 0 Å². The van der Waals surface area contributed by atoms with Gasteiger partial charge in [-0.05, 0) is 48.0 Å². The molecule has 1 aromatic heterocycles. The van der Waals surface area contributed by atoms with Gasteiger partial charge in [0.25, 0.3) is 0 Å². The Morgan fingerprint density at radius 1 is 0.946 bits per heavy atom. The summed E-state index contributed by atoms with van der Waals surface area (Å²) in [5.74, 6) is -0.0683. The van der Waals surface area contributed by atoms with Crippen molar-refractivity contribution in [2.45, 2.75) is 18.5 Å². The monoisotopic (exact) mass is 528 g/mol. The van der Waals surface area contributed by atoms with E-state index in [4.69, 9.17) is 0 Å². The maximum Gasteiger partial charge on any atom is 0.416 e. The van der Waals surface area contributed by atoms with Crippen molar-refractivity contribution in [1.82, 2.24) is 15.1 Å². The van der Waals surface area contributed by atoms with Gasteiger partial charge < -0.3 is 10.6 Å². The second-order valence-electron chi connectivity index (χ2n) is 8.42. The van der Waals surface area contributed by atoms with Crippen molar-refractivity contribution in [1.29, 1.82) is 0 Å². The molecule has 0 radical (unpaired) electrons. The molecule has 192 valence electrons. The number of hydrogen-bond donors (Lipinski definition) is 2. The molecule has 0 aliphatic heterocycles. The van der Waals surface area contributed by atoms with Crippen molar-refractivity contribution in [3.05, 3.63) is 102 Å². The van der Waals surface area contributed by atoms with Crippen LogP contribution >= 0.6 is 0 Å². The van der Waals surface area contributed by atoms with Gasteiger partial charge in [0.1, 0.15) is 0 Å². The maximum absolute atomic E-state index is 12.7. The van der Waals surface area contributed by atoms with E-state index in [0.29, 0.717) is 16.9 Å². The third kappa shape index (κ3) is 6.98. The molecule has 7 nitrogen and oxygen atoms in total. The fourth-order valence-electron chi connectivity index (χ4n) is 3.65. The lowest BCUT2D eigenvalue weighted by atomic mass is 10.1. The highest BCUT2D eigenvalue weighted by atomic mass is 32.2. The molecule has 0 bridgehead atoms. The molecule has 0 saturated carbocycles. The van der Waals surface area contributed by atoms with Crippen molar-refractivity contribution < 1.29 is 26.4 Å². The second kappa shape index (κ2) is 10.5. The predicted octanol–water partition coefficient (Wildman–Crippen LogP) is 5.42. The molecule has 4 rings (SSSR count). The minimum absolute atomic E-state index is 0.0610. The van der Waals surface area contributed by atoms with Crippen LogP contribution in [0.25, 0.3) is 16.9 Å². The third-order valence-corrected chi connectivity index (χ3v) is 6.20. The Morgan fingerprint density at radius 2 is 1.59 bits per heavy atom. The smallest absolute Gasteiger partial charge is 0.332 e. The van der Waals surface area contributed by atoms with Crippen LogP contribution in [-0.2, 0) is 28.3 Å². The molecule has 11 heteroatoms. The van der Waals surface area contributed by atoms with Gasteiger partial charge in [0.05, 0.1) is 34.9 Å². The lowest BCUT2D eigenvalue weighted by Gasteiger charge is -2.09. The topological polar surface area (TPSA) is 93.1 Å². The van der Waals surface area contributed by atoms with Crippen LogP contribution in [0.3, 0.4) is 0 Å². The molecule has 0 aliphatic carbocycles. The lowest BCUT2D eigenvalue weighted by molar-refractivity contribution is -0.137. The number of hydrogen-bond acceptors (Lipinski definition) is 4. The van der Waals surface area contributed by atoms with E-state index in [0.717, 1.165) is 23.4 Å². The molecule has 0 fully saturated rings. The Bertz CT molecular complexity index is 1480. The molecule has 0 aliphatic rings. The van der Waals surface area contributed by atoms with Crippen molar-refractivity contribution in [3.8, 4) is 16.9 Å². The Morgan fingerprint density at radius 3 is 2.19 bits per heavy atom. The summed E-state index contributed by atoms with van der Waals surface area (Å²) in [6.45, 7) is 0.0610. The van der Waals surface area contributed by atoms with Gasteiger partial charge in [0.15, 0.2) is 9.84 Å². The van der Waals surface area contributed by atoms with Gasteiger partial charge >= 0.3 is 12.2 Å². The standard InChI is InChI=1S/C26H23F3N4O3S/c1-37(35,36)17-18-7-13-23(14-8-18)33-24(19-5-3-2-4-6-19)15-22(32-33)16-30-25(34)31-21-11-9-20(10-12-21)26(27,28)29/h2-15H,16-17H2,1H3,(H2,30,31,34). The molecule has 2 amide bonds. The fraction of sp³-hybridized carbons (Fsp3) is 0.154. The van der Waals surface area contributed by atoms with Gasteiger partial charge in [-0.25, -0.2) is 17.9 Å². The summed E-state index contributed by atoms with van der Waals surface area (Å²) < 4.78 is 63.1. The quantitative estimate of drug-likeness (QED) is 0.335. The number of sulfone groups is 1. The number of rotatable bonds is 7. The first kappa shape index (κ1) is 26.0. The summed E-state index contributed by atoms with van der Waals surface area (Å²) in [5.41, 5.74) is 2.96. The first-order valence-electron chi connectivity index (χ1n) is 11.1. The van der Waals surface area contributed by atoms with E-state index >= 15 is 0 Å². The Hall–Kier alpha value is -4.12. The van der Waals surface area contributed by atoms with Gasteiger partial charge in [-0.1, -0.05) is 42.5 Å². The SMILES string of the molecule is CS(=O)(=O)Cc1ccc(-n2nc(CNC(=O)Nc3ccc(C(F)(F)F)cc3)cc2-c2ccccc2)cc1. The molecule has 0 unspecified atom stereocenters. The number of amides is 2. The zero-order valence-corrected chi connectivity index (χ0v) is 20.5. The molecule has 4 aromatic rings. The predicted molar refractivity (Wildman–Crippen MR) is 135 cm³/mol. The molecule has 37 heavy (non-hydrogen) atoms. The van der Waals surface area contributed by atoms with Crippen LogP contribution in [0.1, 0.15) is 16.8 Å². The maximum atomic E-state index is 12.7. The highest BCUT2D eigenvalue weighted by Crippen LogP contribution is 2.30. The Labute approximate surface area is 211 Å². The van der Waals surface area contributed by atoms with Crippen molar-refractivity contribution >= 4 is 21.6 Å². The number of halogens is 3. The number of alkyl halides is 3. The number of urea groups is 1. The summed E-state index contributed by atoms with van der Waals surface area (Å²) >= 11 is 0. The van der Waals surface area contributed by atoms with Crippen LogP contribution in [0.15, 0.2) is 84.9 Å². The fourth-order valence-corrected chi connectivity index (χ4v) is 4.45. The average molecular weight is 529 g/mol. The van der Waals surface area contributed by atoms with Crippen LogP contribution in [0.2, 0.25) is 0 Å². The van der Waals surface area contributed by atoms with Crippen LogP contribution in [-0.4, -0.2) is 30.5 Å². The van der Waals surface area contributed by atoms with Gasteiger partial charge in [-0.2, -0.15) is 18.3 Å². The lowest BCUT2D eigenvalue weighted by Crippen LogP contribution is -2.28. The minimum Gasteiger partial charge on any atom is -0.332 e. The van der Waals surface area contributed by atoms with E-state index < -0.39 is 27.6 Å². The van der Waals surface area contributed by atoms with Crippen molar-refractivity contribution in [3.63, 3.8) is 0 Å². The number of anilines is 1. The number of aromatic nitrogens is 2. The van der Waals surface area contributed by atoms with E-state index in [2.05, 4.69) is 15.7 Å². The average Bonchev–Trinajstić information content (AvgIpc) is 3.27. The highest BCUT2D eigenvalue weighted by molar-refractivity contribution is 7.89. The first-order chi connectivity index (χ1) is 17.5. The van der Waals surface area contributed by atoms with Crippen LogP contribution in [0.5, 0.6) is 0 Å². The summed E-state index contributed by atoms with van der Waals surface area (Å²) in [6, 6.07) is 21.9. The minimum atomic E-state index is -4.45. The molecule has 3 aromatic carbocycles. The van der Waals surface area contributed by atoms with E-state index in [1.54, 1.807) is 28.9 Å². The zero-order valence-electron chi connectivity index (χ0n) is 19.7. The first-order valence-corrected chi connectivity index (χ1v) is 13.2. The normalized spacial score (nSPS) is 11.8. The molecule has 0 atom stereocenters. The molecule has 2 N–H and O–H groups in total. The molecule has 0 spiro atoms. The van der Waals surface area contributed by atoms with Crippen molar-refractivity contribution in [2.24, 2.45) is 0 Å². The van der Waals surface area contributed by atoms with Gasteiger partial charge in [-0.15, -0.1) is 0 Å². The number of nitrogens with one attached hydrogen (secondary N) is 2. The molecular weight excluding hydrogens is 505 g/mol. The van der Waals surface area contributed by atoms with Crippen molar-refractivity contribution in [2.75, 3.05) is 11.6 Å². The number of nitrogens with zero attached hydrogens (tertiary/aromatic N) is 2. The highest BCUT2D eigenvalue weighted by Gasteiger charge is 2.30. The molecule has 1 heterocycles. The van der Waals surface area contributed by atoms with E-state index in [-0.39, 0.29) is 18.0 Å². The summed E-state index contributed by atoms with van der Waals surface area (Å²) in [5, 5.41) is 9.76. The Kier molecular flexibility index (Phi) is 7.35. The Balaban J connectivity index is 1.51. The van der Waals surface area contributed by atoms with Crippen LogP contribution in [0.4, 0.5) is 23.7 Å². The molecular formula is C26H23F3N4O3S. The largest absolute Gasteiger partial charge is 0.416 e. The van der Waals surface area contributed by atoms with E-state index in [9.17, 15) is 26.4 Å². The summed E-state index contributed by atoms with van der Waals surface area (Å²) in [4.78, 5) is 12.3. The van der Waals surface area contributed by atoms with Gasteiger partial charge in [-0.3, -0.25) is 0 Å². The third-order valence-electron chi connectivity index (χ3n) is 5.34. The van der Waals surface area contributed by atoms with E-state index in [1.165, 1.54) is 18.4 Å². The number of carbonyl (C=O) groups is 1. The summed E-state index contributed by atoms with van der Waals surface area (Å²) in [6.07, 6.45) is -3.28. The van der Waals surface area contributed by atoms with E-state index in [1.807, 2.05) is 36.4 Å². The van der Waals surface area contributed by atoms with Gasteiger partial charge in [0.2, 0.25) is 0 Å². The summed E-state index contributed by atoms with van der Waals surface area (Å²) in [7, 11) is -3.17. The second-order valence-corrected chi connectivity index (χ2v) is 10.6. The van der Waals surface area contributed by atoms with Crippen LogP contribution < -0.4 is 10.6 Å².